The maximum atomic E-state index is 12.3. The molecule has 6 heteroatoms. The number of benzene rings is 3. The Morgan fingerprint density at radius 1 is 1.00 bits per heavy atom. The number of rotatable bonds is 4. The molecule has 0 saturated carbocycles. The molecule has 1 N–H and O–H groups in total. The molecule has 3 aromatic rings. The summed E-state index contributed by atoms with van der Waals surface area (Å²) >= 11 is 15.3. The molecule has 1 amide bonds. The number of carbonyl (C=O) groups excluding carboxylic acids is 1. The summed E-state index contributed by atoms with van der Waals surface area (Å²) in [6.07, 6.45) is -0.675. The molecule has 1 atom stereocenters. The second-order valence-electron chi connectivity index (χ2n) is 5.56. The summed E-state index contributed by atoms with van der Waals surface area (Å²) in [6.45, 7) is 1.69. The van der Waals surface area contributed by atoms with Crippen LogP contribution in [0, 0.1) is 0 Å². The Morgan fingerprint density at radius 3 is 2.36 bits per heavy atom. The van der Waals surface area contributed by atoms with E-state index < -0.39 is 6.10 Å². The number of nitrogens with one attached hydrogen (secondary N) is 1. The molecule has 0 bridgehead atoms. The monoisotopic (exact) mass is 437 g/mol. The van der Waals surface area contributed by atoms with E-state index in [0.717, 1.165) is 15.2 Å². The van der Waals surface area contributed by atoms with Crippen LogP contribution in [0.2, 0.25) is 10.0 Å². The van der Waals surface area contributed by atoms with Gasteiger partial charge in [-0.25, -0.2) is 0 Å². The number of ether oxygens (including phenoxy) is 1. The minimum Gasteiger partial charge on any atom is -0.481 e. The van der Waals surface area contributed by atoms with E-state index in [1.807, 2.05) is 36.4 Å². The molecule has 0 saturated heterocycles. The third-order valence-corrected chi connectivity index (χ3v) is 4.52. The van der Waals surface area contributed by atoms with Crippen molar-refractivity contribution in [1.29, 1.82) is 0 Å². The summed E-state index contributed by atoms with van der Waals surface area (Å²) in [4.78, 5) is 12.3. The van der Waals surface area contributed by atoms with Crippen LogP contribution in [0.15, 0.2) is 59.1 Å². The normalized spacial score (nSPS) is 12.0. The molecule has 0 fully saturated rings. The molecule has 25 heavy (non-hydrogen) atoms. The van der Waals surface area contributed by atoms with Gasteiger partial charge in [0.1, 0.15) is 5.75 Å². The molecule has 1 unspecified atom stereocenters. The van der Waals surface area contributed by atoms with Crippen molar-refractivity contribution in [2.45, 2.75) is 13.0 Å². The lowest BCUT2D eigenvalue weighted by Crippen LogP contribution is -2.30. The van der Waals surface area contributed by atoms with Crippen molar-refractivity contribution in [2.24, 2.45) is 0 Å². The fraction of sp³-hybridized carbons (Fsp3) is 0.105. The van der Waals surface area contributed by atoms with E-state index in [2.05, 4.69) is 21.2 Å². The van der Waals surface area contributed by atoms with Gasteiger partial charge < -0.3 is 10.1 Å². The Hall–Kier alpha value is -1.75. The molecular weight excluding hydrogens is 425 g/mol. The molecule has 3 nitrogen and oxygen atoms in total. The highest BCUT2D eigenvalue weighted by Crippen LogP contribution is 2.25. The average Bonchev–Trinajstić information content (AvgIpc) is 2.54. The summed E-state index contributed by atoms with van der Waals surface area (Å²) in [7, 11) is 0. The second kappa shape index (κ2) is 7.65. The zero-order valence-electron chi connectivity index (χ0n) is 13.2. The van der Waals surface area contributed by atoms with Crippen LogP contribution in [-0.4, -0.2) is 12.0 Å². The van der Waals surface area contributed by atoms with Gasteiger partial charge in [-0.2, -0.15) is 0 Å². The maximum absolute atomic E-state index is 12.3. The Labute approximate surface area is 164 Å². The fourth-order valence-electron chi connectivity index (χ4n) is 2.40. The van der Waals surface area contributed by atoms with Crippen LogP contribution in [0.5, 0.6) is 5.75 Å². The first-order valence-corrected chi connectivity index (χ1v) is 9.08. The largest absolute Gasteiger partial charge is 0.481 e. The van der Waals surface area contributed by atoms with E-state index in [1.54, 1.807) is 25.1 Å². The lowest BCUT2D eigenvalue weighted by Gasteiger charge is -2.15. The SMILES string of the molecule is CC(Oc1ccc2cc(Br)ccc2c1)C(=O)Nc1cc(Cl)cc(Cl)c1. The van der Waals surface area contributed by atoms with Crippen molar-refractivity contribution in [3.05, 3.63) is 69.1 Å². The van der Waals surface area contributed by atoms with Gasteiger partial charge in [0.15, 0.2) is 6.10 Å². The van der Waals surface area contributed by atoms with Crippen LogP contribution in [0.4, 0.5) is 5.69 Å². The highest BCUT2D eigenvalue weighted by molar-refractivity contribution is 9.10. The summed E-state index contributed by atoms with van der Waals surface area (Å²) in [5.74, 6) is 0.343. The topological polar surface area (TPSA) is 38.3 Å². The van der Waals surface area contributed by atoms with Crippen molar-refractivity contribution in [3.8, 4) is 5.75 Å². The molecule has 0 spiro atoms. The number of anilines is 1. The van der Waals surface area contributed by atoms with E-state index in [0.29, 0.717) is 21.5 Å². The average molecular weight is 439 g/mol. The molecule has 0 aliphatic heterocycles. The van der Waals surface area contributed by atoms with Gasteiger partial charge in [0.05, 0.1) is 0 Å². The third-order valence-electron chi connectivity index (χ3n) is 3.59. The zero-order chi connectivity index (χ0) is 18.0. The third kappa shape index (κ3) is 4.66. The van der Waals surface area contributed by atoms with E-state index >= 15 is 0 Å². The maximum Gasteiger partial charge on any atom is 0.265 e. The van der Waals surface area contributed by atoms with Crippen molar-refractivity contribution >= 4 is 61.5 Å². The van der Waals surface area contributed by atoms with Crippen LogP contribution >= 0.6 is 39.1 Å². The zero-order valence-corrected chi connectivity index (χ0v) is 16.3. The molecule has 0 heterocycles. The molecule has 0 aromatic heterocycles. The van der Waals surface area contributed by atoms with Gasteiger partial charge in [0.25, 0.3) is 5.91 Å². The minimum absolute atomic E-state index is 0.283. The molecule has 3 rings (SSSR count). The molecule has 3 aromatic carbocycles. The summed E-state index contributed by atoms with van der Waals surface area (Å²) in [5.41, 5.74) is 0.529. The summed E-state index contributed by atoms with van der Waals surface area (Å²) in [6, 6.07) is 16.5. The van der Waals surface area contributed by atoms with Gasteiger partial charge in [0, 0.05) is 20.2 Å². The lowest BCUT2D eigenvalue weighted by atomic mass is 10.1. The smallest absolute Gasteiger partial charge is 0.265 e. The van der Waals surface area contributed by atoms with Gasteiger partial charge >= 0.3 is 0 Å². The fourth-order valence-corrected chi connectivity index (χ4v) is 3.30. The first-order valence-electron chi connectivity index (χ1n) is 7.54. The van der Waals surface area contributed by atoms with Gasteiger partial charge in [-0.05, 0) is 60.2 Å². The number of hydrogen-bond donors (Lipinski definition) is 1. The predicted molar refractivity (Wildman–Crippen MR) is 107 cm³/mol. The van der Waals surface area contributed by atoms with Crippen LogP contribution in [0.25, 0.3) is 10.8 Å². The van der Waals surface area contributed by atoms with E-state index in [4.69, 9.17) is 27.9 Å². The Morgan fingerprint density at radius 2 is 1.64 bits per heavy atom. The van der Waals surface area contributed by atoms with Crippen LogP contribution < -0.4 is 10.1 Å². The molecule has 0 aliphatic rings. The van der Waals surface area contributed by atoms with E-state index in [9.17, 15) is 4.79 Å². The number of halogens is 3. The first-order chi connectivity index (χ1) is 11.9. The first kappa shape index (κ1) is 18.1. The Bertz CT molecular complexity index is 926. The van der Waals surface area contributed by atoms with Crippen LogP contribution in [0.3, 0.4) is 0 Å². The molecular formula is C19H14BrCl2NO2. The van der Waals surface area contributed by atoms with Crippen molar-refractivity contribution in [2.75, 3.05) is 5.32 Å². The number of fused-ring (bicyclic) bond motifs is 1. The quantitative estimate of drug-likeness (QED) is 0.517. The highest BCUT2D eigenvalue weighted by atomic mass is 79.9. The Balaban J connectivity index is 1.71. The van der Waals surface area contributed by atoms with Crippen molar-refractivity contribution < 1.29 is 9.53 Å². The standard InChI is InChI=1S/C19H14BrCl2NO2/c1-11(19(24)23-17-9-15(21)8-16(22)10-17)25-18-5-3-12-6-14(20)4-2-13(12)7-18/h2-11H,1H3,(H,23,24). The highest BCUT2D eigenvalue weighted by Gasteiger charge is 2.15. The van der Waals surface area contributed by atoms with Crippen molar-refractivity contribution in [3.63, 3.8) is 0 Å². The number of carbonyl (C=O) groups is 1. The minimum atomic E-state index is -0.675. The number of hydrogen-bond acceptors (Lipinski definition) is 2. The molecule has 128 valence electrons. The lowest BCUT2D eigenvalue weighted by molar-refractivity contribution is -0.122. The molecule has 0 aliphatic carbocycles. The van der Waals surface area contributed by atoms with Gasteiger partial charge in [-0.15, -0.1) is 0 Å². The van der Waals surface area contributed by atoms with Crippen LogP contribution in [-0.2, 0) is 4.79 Å². The van der Waals surface area contributed by atoms with E-state index in [-0.39, 0.29) is 5.91 Å². The molecule has 0 radical (unpaired) electrons. The summed E-state index contributed by atoms with van der Waals surface area (Å²) < 4.78 is 6.77. The number of amides is 1. The van der Waals surface area contributed by atoms with Gasteiger partial charge in [0.2, 0.25) is 0 Å². The van der Waals surface area contributed by atoms with Crippen LogP contribution in [0.1, 0.15) is 6.92 Å². The van der Waals surface area contributed by atoms with E-state index in [1.165, 1.54) is 0 Å². The second-order valence-corrected chi connectivity index (χ2v) is 7.35. The Kier molecular flexibility index (Phi) is 5.52. The summed E-state index contributed by atoms with van der Waals surface area (Å²) in [5, 5.41) is 5.79. The van der Waals surface area contributed by atoms with Crippen molar-refractivity contribution in [1.82, 2.24) is 0 Å². The van der Waals surface area contributed by atoms with Gasteiger partial charge in [-0.3, -0.25) is 4.79 Å². The van der Waals surface area contributed by atoms with Gasteiger partial charge in [-0.1, -0.05) is 51.3 Å². The predicted octanol–water partition coefficient (Wildman–Crippen LogP) is 6.32.